The van der Waals surface area contributed by atoms with Gasteiger partial charge in [0.1, 0.15) is 24.0 Å². The predicted molar refractivity (Wildman–Crippen MR) is 120 cm³/mol. The molecule has 0 aliphatic rings. The van der Waals surface area contributed by atoms with Crippen molar-refractivity contribution < 1.29 is 18.7 Å². The van der Waals surface area contributed by atoms with Gasteiger partial charge in [-0.25, -0.2) is 9.59 Å². The van der Waals surface area contributed by atoms with Crippen LogP contribution in [0.25, 0.3) is 11.0 Å². The molecule has 0 bridgehead atoms. The first kappa shape index (κ1) is 21.2. The molecule has 7 heteroatoms. The van der Waals surface area contributed by atoms with Gasteiger partial charge < -0.3 is 13.9 Å². The molecule has 1 aromatic heterocycles. The van der Waals surface area contributed by atoms with Gasteiger partial charge in [-0.1, -0.05) is 36.0 Å². The van der Waals surface area contributed by atoms with Crippen LogP contribution < -0.4 is 10.4 Å². The summed E-state index contributed by atoms with van der Waals surface area (Å²) >= 11 is 1.32. The summed E-state index contributed by atoms with van der Waals surface area (Å²) in [7, 11) is 1.52. The van der Waals surface area contributed by atoms with Crippen molar-refractivity contribution in [1.82, 2.24) is 0 Å². The Kier molecular flexibility index (Phi) is 6.24. The van der Waals surface area contributed by atoms with Crippen molar-refractivity contribution in [3.05, 3.63) is 99.9 Å². The van der Waals surface area contributed by atoms with Crippen molar-refractivity contribution >= 4 is 28.7 Å². The van der Waals surface area contributed by atoms with E-state index in [9.17, 15) is 14.9 Å². The number of nitriles is 1. The molecule has 0 radical (unpaired) electrons. The normalized spacial score (nSPS) is 10.5. The molecule has 0 spiro atoms. The Hall–Kier alpha value is -4.02. The molecule has 0 atom stereocenters. The Morgan fingerprint density at radius 2 is 1.78 bits per heavy atom. The summed E-state index contributed by atoms with van der Waals surface area (Å²) in [6, 6.07) is 22.8. The molecule has 0 fully saturated rings. The average Bonchev–Trinajstić information content (AvgIpc) is 2.82. The fraction of sp³-hybridized carbons (Fsp3) is 0.0800. The maximum Gasteiger partial charge on any atom is 0.339 e. The number of esters is 1. The molecular formula is C25H17NO5S. The van der Waals surface area contributed by atoms with Crippen LogP contribution >= 0.6 is 11.8 Å². The van der Waals surface area contributed by atoms with Crippen molar-refractivity contribution in [1.29, 1.82) is 5.26 Å². The summed E-state index contributed by atoms with van der Waals surface area (Å²) in [6.45, 7) is -0.0962. The zero-order valence-corrected chi connectivity index (χ0v) is 17.8. The zero-order chi connectivity index (χ0) is 22.5. The van der Waals surface area contributed by atoms with Crippen LogP contribution in [0.5, 0.6) is 5.75 Å². The number of fused-ring (bicyclic) bond motifs is 1. The van der Waals surface area contributed by atoms with Crippen molar-refractivity contribution in [2.45, 2.75) is 16.4 Å². The zero-order valence-electron chi connectivity index (χ0n) is 17.0. The smallest absolute Gasteiger partial charge is 0.339 e. The minimum Gasteiger partial charge on any atom is -0.497 e. The van der Waals surface area contributed by atoms with Crippen molar-refractivity contribution in [3.8, 4) is 11.8 Å². The maximum atomic E-state index is 12.9. The number of benzene rings is 3. The van der Waals surface area contributed by atoms with Crippen LogP contribution in [0.3, 0.4) is 0 Å². The second kappa shape index (κ2) is 9.41. The van der Waals surface area contributed by atoms with Crippen molar-refractivity contribution in [2.75, 3.05) is 7.11 Å². The van der Waals surface area contributed by atoms with E-state index in [1.165, 1.54) is 24.9 Å². The molecule has 0 saturated heterocycles. The summed E-state index contributed by atoms with van der Waals surface area (Å²) in [5, 5.41) is 9.99. The van der Waals surface area contributed by atoms with Crippen LogP contribution in [0.4, 0.5) is 0 Å². The topological polar surface area (TPSA) is 89.5 Å². The number of hydrogen-bond acceptors (Lipinski definition) is 7. The van der Waals surface area contributed by atoms with Crippen molar-refractivity contribution in [3.63, 3.8) is 0 Å². The van der Waals surface area contributed by atoms with Gasteiger partial charge >= 0.3 is 11.6 Å². The van der Waals surface area contributed by atoms with Crippen LogP contribution in [-0.2, 0) is 11.3 Å². The van der Waals surface area contributed by atoms with Gasteiger partial charge in [-0.15, -0.1) is 0 Å². The fourth-order valence-corrected chi connectivity index (χ4v) is 4.18. The Morgan fingerprint density at radius 1 is 1.03 bits per heavy atom. The summed E-state index contributed by atoms with van der Waals surface area (Å²) in [5.41, 5.74) is 1.25. The Balaban J connectivity index is 1.58. The average molecular weight is 443 g/mol. The number of nitrogens with zero attached hydrogens (tertiary/aromatic N) is 1. The van der Waals surface area contributed by atoms with Crippen molar-refractivity contribution in [2.24, 2.45) is 0 Å². The highest BCUT2D eigenvalue weighted by Crippen LogP contribution is 2.33. The van der Waals surface area contributed by atoms with E-state index in [2.05, 4.69) is 6.07 Å². The highest BCUT2D eigenvalue weighted by Gasteiger charge is 2.16. The molecule has 0 N–H and O–H groups in total. The summed E-state index contributed by atoms with van der Waals surface area (Å²) in [6.07, 6.45) is 0. The van der Waals surface area contributed by atoms with Crippen LogP contribution in [0.2, 0.25) is 0 Å². The Bertz CT molecular complexity index is 1400. The molecule has 3 aromatic carbocycles. The van der Waals surface area contributed by atoms with Gasteiger partial charge in [-0.2, -0.15) is 5.26 Å². The highest BCUT2D eigenvalue weighted by atomic mass is 32.2. The maximum absolute atomic E-state index is 12.9. The van der Waals surface area contributed by atoms with Gasteiger partial charge in [-0.3, -0.25) is 0 Å². The molecule has 4 rings (SSSR count). The molecule has 158 valence electrons. The first-order valence-electron chi connectivity index (χ1n) is 9.63. The predicted octanol–water partition coefficient (Wildman–Crippen LogP) is 5.18. The van der Waals surface area contributed by atoms with Gasteiger partial charge in [0.2, 0.25) is 0 Å². The third-order valence-corrected chi connectivity index (χ3v) is 5.88. The third kappa shape index (κ3) is 4.51. The Morgan fingerprint density at radius 3 is 2.56 bits per heavy atom. The third-order valence-electron chi connectivity index (χ3n) is 4.73. The van der Waals surface area contributed by atoms with Gasteiger partial charge in [0.25, 0.3) is 0 Å². The summed E-state index contributed by atoms with van der Waals surface area (Å²) in [4.78, 5) is 26.3. The van der Waals surface area contributed by atoms with E-state index >= 15 is 0 Å². The highest BCUT2D eigenvalue weighted by molar-refractivity contribution is 7.99. The van der Waals surface area contributed by atoms with Gasteiger partial charge in [-0.05, 0) is 36.4 Å². The second-order valence-corrected chi connectivity index (χ2v) is 7.82. The minimum absolute atomic E-state index is 0.0962. The molecule has 0 aliphatic carbocycles. The van der Waals surface area contributed by atoms with Gasteiger partial charge in [0.15, 0.2) is 0 Å². The van der Waals surface area contributed by atoms with E-state index in [1.807, 2.05) is 18.2 Å². The number of methoxy groups -OCH3 is 1. The number of ether oxygens (including phenoxy) is 2. The second-order valence-electron chi connectivity index (χ2n) is 6.74. The van der Waals surface area contributed by atoms with Crippen LogP contribution in [0.15, 0.2) is 91.8 Å². The lowest BCUT2D eigenvalue weighted by atomic mass is 10.1. The van der Waals surface area contributed by atoms with E-state index in [4.69, 9.17) is 13.9 Å². The molecule has 4 aromatic rings. The van der Waals surface area contributed by atoms with E-state index in [-0.39, 0.29) is 6.61 Å². The molecule has 0 unspecified atom stereocenters. The lowest BCUT2D eigenvalue weighted by molar-refractivity contribution is 0.0469. The molecule has 0 amide bonds. The molecule has 0 aliphatic heterocycles. The number of hydrogen-bond donors (Lipinski definition) is 0. The van der Waals surface area contributed by atoms with Crippen LogP contribution in [0.1, 0.15) is 21.5 Å². The quantitative estimate of drug-likeness (QED) is 0.299. The first-order chi connectivity index (χ1) is 15.6. The van der Waals surface area contributed by atoms with Gasteiger partial charge in [0, 0.05) is 32.9 Å². The van der Waals surface area contributed by atoms with E-state index in [0.717, 1.165) is 4.90 Å². The summed E-state index contributed by atoms with van der Waals surface area (Å²) < 4.78 is 15.9. The van der Waals surface area contributed by atoms with E-state index in [0.29, 0.717) is 38.3 Å². The molecule has 1 heterocycles. The van der Waals surface area contributed by atoms with E-state index in [1.54, 1.807) is 48.5 Å². The Labute approximate surface area is 188 Å². The fourth-order valence-electron chi connectivity index (χ4n) is 3.17. The molecule has 6 nitrogen and oxygen atoms in total. The molecule has 0 saturated carbocycles. The monoisotopic (exact) mass is 443 g/mol. The van der Waals surface area contributed by atoms with Crippen LogP contribution in [-0.4, -0.2) is 13.1 Å². The van der Waals surface area contributed by atoms with Gasteiger partial charge in [0.05, 0.1) is 18.2 Å². The first-order valence-corrected chi connectivity index (χ1v) is 10.4. The molecule has 32 heavy (non-hydrogen) atoms. The number of carbonyl (C=O) groups is 1. The number of carbonyl (C=O) groups excluding carboxylic acids is 1. The molecular weight excluding hydrogens is 426 g/mol. The number of rotatable bonds is 6. The SMILES string of the molecule is COc1ccc2c(COC(=O)c3ccccc3Sc3ccccc3C#N)cc(=O)oc2c1. The lowest BCUT2D eigenvalue weighted by Crippen LogP contribution is -2.09. The summed E-state index contributed by atoms with van der Waals surface area (Å²) in [5.74, 6) is 0.0239. The van der Waals surface area contributed by atoms with E-state index < -0.39 is 11.6 Å². The standard InChI is InChI=1S/C25H17NO5S/c1-29-18-10-11-19-17(12-24(27)31-21(19)13-18)15-30-25(28)20-7-3-5-9-23(20)32-22-8-4-2-6-16(22)14-26/h2-13H,15H2,1H3. The van der Waals surface area contributed by atoms with Crippen LogP contribution in [0, 0.1) is 11.3 Å². The minimum atomic E-state index is -0.541. The lowest BCUT2D eigenvalue weighted by Gasteiger charge is -2.11. The largest absolute Gasteiger partial charge is 0.497 e.